The van der Waals surface area contributed by atoms with Crippen LogP contribution in [0.1, 0.15) is 6.92 Å². The first kappa shape index (κ1) is 9.41. The largest absolute Gasteiger partial charge is 0.474 e. The lowest BCUT2D eigenvalue weighted by molar-refractivity contribution is -0.149. The lowest BCUT2D eigenvalue weighted by Gasteiger charge is -1.99. The molecule has 0 aliphatic carbocycles. The minimum Gasteiger partial charge on any atom is -0.474 e. The van der Waals surface area contributed by atoms with E-state index in [1.165, 1.54) is 12.2 Å². The zero-order valence-electron chi connectivity index (χ0n) is 5.79. The van der Waals surface area contributed by atoms with E-state index in [0.29, 0.717) is 0 Å². The van der Waals surface area contributed by atoms with Gasteiger partial charge in [-0.2, -0.15) is 0 Å². The third-order valence-corrected chi connectivity index (χ3v) is 0.685. The number of rotatable bonds is 1. The summed E-state index contributed by atoms with van der Waals surface area (Å²) in [5.41, 5.74) is 0. The van der Waals surface area contributed by atoms with Crippen LogP contribution in [-0.4, -0.2) is 29.7 Å². The number of ether oxygens (including phenoxy) is 1. The van der Waals surface area contributed by atoms with Gasteiger partial charge in [-0.15, -0.1) is 0 Å². The highest BCUT2D eigenvalue weighted by atomic mass is 16.5. The number of hydrogen-bond donors (Lipinski definition) is 2. The van der Waals surface area contributed by atoms with Gasteiger partial charge < -0.3 is 9.84 Å². The predicted octanol–water partition coefficient (Wildman–Crippen LogP) is -0.656. The Labute approximate surface area is 62.1 Å². The summed E-state index contributed by atoms with van der Waals surface area (Å²) >= 11 is 0. The number of carboxylic acids is 1. The van der Waals surface area contributed by atoms with Crippen molar-refractivity contribution in [3.8, 4) is 0 Å². The quantitative estimate of drug-likeness (QED) is 0.498. The summed E-state index contributed by atoms with van der Waals surface area (Å²) in [7, 11) is 0. The van der Waals surface area contributed by atoms with Crippen LogP contribution >= 0.6 is 0 Å². The number of hydrogen-bond acceptors (Lipinski definition) is 4. The van der Waals surface area contributed by atoms with E-state index in [2.05, 4.69) is 4.74 Å². The van der Waals surface area contributed by atoms with Gasteiger partial charge in [-0.1, -0.05) is 0 Å². The van der Waals surface area contributed by atoms with Crippen LogP contribution in [0.15, 0.2) is 0 Å². The summed E-state index contributed by atoms with van der Waals surface area (Å²) in [6.07, 6.45) is -1.06. The van der Waals surface area contributed by atoms with Crippen LogP contribution in [0.5, 0.6) is 0 Å². The first-order chi connectivity index (χ1) is 5.07. The second kappa shape index (κ2) is 4.26. The minimum absolute atomic E-state index is 0.0821. The number of nitrogens with one attached hydrogen (secondary N) is 1. The molecule has 0 rings (SSSR count). The van der Waals surface area contributed by atoms with Crippen molar-refractivity contribution < 1.29 is 24.2 Å². The second-order valence-electron chi connectivity index (χ2n) is 1.48. The fourth-order valence-electron chi connectivity index (χ4n) is 0.313. The fourth-order valence-corrected chi connectivity index (χ4v) is 0.313. The molecule has 0 bridgehead atoms. The van der Waals surface area contributed by atoms with Crippen LogP contribution in [0.2, 0.25) is 0 Å². The topological polar surface area (TPSA) is 92.7 Å². The molecule has 0 saturated heterocycles. The van der Waals surface area contributed by atoms with Crippen LogP contribution in [0.3, 0.4) is 0 Å². The lowest BCUT2D eigenvalue weighted by atomic mass is 10.6. The maximum absolute atomic E-state index is 10.3. The average Bonchev–Trinajstić information content (AvgIpc) is 1.87. The van der Waals surface area contributed by atoms with Gasteiger partial charge in [0.15, 0.2) is 0 Å². The van der Waals surface area contributed by atoms with Gasteiger partial charge in [0.1, 0.15) is 0 Å². The number of carbonyl (C=O) groups is 3. The Bertz CT molecular complexity index is 187. The van der Waals surface area contributed by atoms with E-state index in [9.17, 15) is 14.4 Å². The Morgan fingerprint density at radius 1 is 1.45 bits per heavy atom. The molecule has 0 radical (unpaired) electrons. The number of amides is 2. The number of carbonyl (C=O) groups excluding carboxylic acids is 2. The zero-order chi connectivity index (χ0) is 8.85. The summed E-state index contributed by atoms with van der Waals surface area (Å²) in [6, 6.07) is 0. The maximum atomic E-state index is 10.3. The molecule has 0 unspecified atom stereocenters. The lowest BCUT2D eigenvalue weighted by Crippen LogP contribution is -2.36. The average molecular weight is 161 g/mol. The highest BCUT2D eigenvalue weighted by Gasteiger charge is 2.14. The maximum Gasteiger partial charge on any atom is 0.414 e. The second-order valence-corrected chi connectivity index (χ2v) is 1.48. The Balaban J connectivity index is 3.76. The summed E-state index contributed by atoms with van der Waals surface area (Å²) in [5.74, 6) is -3.12. The highest BCUT2D eigenvalue weighted by Crippen LogP contribution is 1.76. The molecule has 0 aromatic heterocycles. The first-order valence-corrected chi connectivity index (χ1v) is 2.79. The van der Waals surface area contributed by atoms with E-state index in [4.69, 9.17) is 5.11 Å². The minimum atomic E-state index is -1.72. The summed E-state index contributed by atoms with van der Waals surface area (Å²) in [5, 5.41) is 9.46. The van der Waals surface area contributed by atoms with Crippen molar-refractivity contribution in [2.75, 3.05) is 6.61 Å². The summed E-state index contributed by atoms with van der Waals surface area (Å²) in [6.45, 7) is 1.61. The Morgan fingerprint density at radius 3 is 2.36 bits per heavy atom. The van der Waals surface area contributed by atoms with Gasteiger partial charge in [-0.3, -0.25) is 10.1 Å². The van der Waals surface area contributed by atoms with Gasteiger partial charge >= 0.3 is 18.0 Å². The molecule has 0 aliphatic rings. The van der Waals surface area contributed by atoms with E-state index < -0.39 is 18.0 Å². The van der Waals surface area contributed by atoms with E-state index in [0.717, 1.165) is 0 Å². The predicted molar refractivity (Wildman–Crippen MR) is 32.8 cm³/mol. The van der Waals surface area contributed by atoms with Crippen molar-refractivity contribution >= 4 is 18.0 Å². The molecular formula is C5H7NO5. The van der Waals surface area contributed by atoms with Crippen molar-refractivity contribution in [3.05, 3.63) is 0 Å². The van der Waals surface area contributed by atoms with E-state index >= 15 is 0 Å². The van der Waals surface area contributed by atoms with Crippen molar-refractivity contribution in [3.63, 3.8) is 0 Å². The molecule has 0 heterocycles. The van der Waals surface area contributed by atoms with E-state index in [-0.39, 0.29) is 6.61 Å². The zero-order valence-corrected chi connectivity index (χ0v) is 5.79. The van der Waals surface area contributed by atoms with Gasteiger partial charge in [0.05, 0.1) is 6.61 Å². The molecule has 6 nitrogen and oxygen atoms in total. The fraction of sp³-hybridized carbons (Fsp3) is 0.400. The number of imide groups is 1. The van der Waals surface area contributed by atoms with Crippen molar-refractivity contribution in [2.45, 2.75) is 6.92 Å². The van der Waals surface area contributed by atoms with Gasteiger partial charge in [-0.05, 0) is 6.92 Å². The molecule has 0 saturated carbocycles. The number of alkyl carbamates (subject to hydrolysis) is 1. The van der Waals surface area contributed by atoms with Crippen LogP contribution in [-0.2, 0) is 14.3 Å². The molecule has 0 aliphatic heterocycles. The third-order valence-electron chi connectivity index (χ3n) is 0.685. The molecule has 0 aromatic rings. The molecule has 2 N–H and O–H groups in total. The Morgan fingerprint density at radius 2 is 2.00 bits per heavy atom. The third kappa shape index (κ3) is 3.90. The van der Waals surface area contributed by atoms with Crippen LogP contribution in [0.4, 0.5) is 4.79 Å². The van der Waals surface area contributed by atoms with Gasteiger partial charge in [0.25, 0.3) is 0 Å². The standard InChI is InChI=1S/C5H7NO5/c1-2-11-5(10)6-3(7)4(8)9/h2H2,1H3,(H,8,9)(H,6,7,10). The molecule has 0 aromatic carbocycles. The van der Waals surface area contributed by atoms with Crippen molar-refractivity contribution in [2.24, 2.45) is 0 Å². The van der Waals surface area contributed by atoms with E-state index in [1.54, 1.807) is 0 Å². The SMILES string of the molecule is CCOC(=O)NC(=O)C(=O)O. The molecule has 11 heavy (non-hydrogen) atoms. The van der Waals surface area contributed by atoms with Crippen LogP contribution in [0, 0.1) is 0 Å². The van der Waals surface area contributed by atoms with Crippen LogP contribution in [0.25, 0.3) is 0 Å². The number of aliphatic carboxylic acids is 1. The molecular weight excluding hydrogens is 154 g/mol. The molecule has 62 valence electrons. The van der Waals surface area contributed by atoms with Crippen molar-refractivity contribution in [1.82, 2.24) is 5.32 Å². The summed E-state index contributed by atoms with van der Waals surface area (Å²) in [4.78, 5) is 30.4. The summed E-state index contributed by atoms with van der Waals surface area (Å²) < 4.78 is 4.23. The molecule has 6 heteroatoms. The smallest absolute Gasteiger partial charge is 0.414 e. The van der Waals surface area contributed by atoms with Crippen LogP contribution < -0.4 is 5.32 Å². The Kier molecular flexibility index (Phi) is 3.65. The van der Waals surface area contributed by atoms with E-state index in [1.807, 2.05) is 0 Å². The van der Waals surface area contributed by atoms with Crippen molar-refractivity contribution in [1.29, 1.82) is 0 Å². The normalized spacial score (nSPS) is 8.45. The van der Waals surface area contributed by atoms with Gasteiger partial charge in [-0.25, -0.2) is 9.59 Å². The Hall–Kier alpha value is -1.59. The monoisotopic (exact) mass is 161 g/mol. The highest BCUT2D eigenvalue weighted by molar-refractivity contribution is 6.34. The molecule has 0 atom stereocenters. The molecule has 0 fully saturated rings. The molecule has 0 spiro atoms. The van der Waals surface area contributed by atoms with Gasteiger partial charge in [0.2, 0.25) is 0 Å². The molecule has 2 amide bonds. The van der Waals surface area contributed by atoms with Gasteiger partial charge in [0, 0.05) is 0 Å². The number of carboxylic acid groups (broad SMARTS) is 1. The first-order valence-electron chi connectivity index (χ1n) is 2.79.